The Kier molecular flexibility index (Phi) is 4.94. The second-order valence-corrected chi connectivity index (χ2v) is 5.95. The Morgan fingerprint density at radius 3 is 2.26 bits per heavy atom. The maximum Gasteiger partial charge on any atom is 0.289 e. The largest absolute Gasteiger partial charge is 0.409 e. The number of nitro benzene ring substituents is 2. The molecule has 0 amide bonds. The van der Waals surface area contributed by atoms with Crippen molar-refractivity contribution in [2.24, 2.45) is 0 Å². The van der Waals surface area contributed by atoms with Gasteiger partial charge in [0.15, 0.2) is 0 Å². The van der Waals surface area contributed by atoms with E-state index >= 15 is 0 Å². The zero-order valence-electron chi connectivity index (χ0n) is 14.0. The van der Waals surface area contributed by atoms with Crippen molar-refractivity contribution in [1.82, 2.24) is 9.78 Å². The minimum atomic E-state index is -0.717. The molecule has 11 heteroatoms. The Hall–Kier alpha value is -3.60. The van der Waals surface area contributed by atoms with Gasteiger partial charge in [-0.05, 0) is 24.4 Å². The molecular weight excluding hydrogens is 374 g/mol. The van der Waals surface area contributed by atoms with Gasteiger partial charge in [0.25, 0.3) is 16.2 Å². The summed E-state index contributed by atoms with van der Waals surface area (Å²) in [5.41, 5.74) is 0.158. The Bertz CT molecular complexity index is 1030. The summed E-state index contributed by atoms with van der Waals surface area (Å²) in [7, 11) is 1.84. The quantitative estimate of drug-likeness (QED) is 0.356. The first-order valence-corrected chi connectivity index (χ1v) is 8.04. The van der Waals surface area contributed by atoms with Crippen LogP contribution in [0.1, 0.15) is 0 Å². The summed E-state index contributed by atoms with van der Waals surface area (Å²) in [5.74, 6) is -0.0340. The zero-order valence-corrected chi connectivity index (χ0v) is 14.8. The topological polar surface area (TPSA) is 120 Å². The van der Waals surface area contributed by atoms with E-state index in [4.69, 9.17) is 16.6 Å². The van der Waals surface area contributed by atoms with Crippen LogP contribution in [0.4, 0.5) is 17.1 Å². The fourth-order valence-corrected chi connectivity index (χ4v) is 2.58. The van der Waals surface area contributed by atoms with Crippen molar-refractivity contribution in [2.45, 2.75) is 6.67 Å². The minimum Gasteiger partial charge on any atom is -0.409 e. The zero-order chi connectivity index (χ0) is 19.6. The van der Waals surface area contributed by atoms with Gasteiger partial charge in [-0.25, -0.2) is 4.68 Å². The number of para-hydroxylation sites is 1. The van der Waals surface area contributed by atoms with Gasteiger partial charge in [-0.2, -0.15) is 0 Å². The molecule has 1 heterocycles. The maximum atomic E-state index is 11.0. The first-order valence-electron chi connectivity index (χ1n) is 7.63. The number of hydrogen-bond donors (Lipinski definition) is 0. The number of nitro groups is 2. The molecular formula is C16H13N5O5S. The van der Waals surface area contributed by atoms with Crippen molar-refractivity contribution in [3.8, 4) is 11.5 Å². The molecule has 0 aliphatic heterocycles. The van der Waals surface area contributed by atoms with Gasteiger partial charge < -0.3 is 9.32 Å². The second kappa shape index (κ2) is 7.33. The monoisotopic (exact) mass is 387 g/mol. The summed E-state index contributed by atoms with van der Waals surface area (Å²) in [6, 6.07) is 12.7. The summed E-state index contributed by atoms with van der Waals surface area (Å²) in [5, 5.41) is 26.3. The van der Waals surface area contributed by atoms with Crippen molar-refractivity contribution in [2.75, 3.05) is 11.9 Å². The van der Waals surface area contributed by atoms with Gasteiger partial charge in [0.1, 0.15) is 6.67 Å². The van der Waals surface area contributed by atoms with Crippen LogP contribution in [0.2, 0.25) is 0 Å². The van der Waals surface area contributed by atoms with E-state index in [2.05, 4.69) is 5.10 Å². The molecule has 0 N–H and O–H groups in total. The summed E-state index contributed by atoms with van der Waals surface area (Å²) in [6.45, 7) is 0.267. The second-order valence-electron chi connectivity index (χ2n) is 5.60. The first-order chi connectivity index (χ1) is 12.8. The van der Waals surface area contributed by atoms with E-state index in [1.807, 2.05) is 42.3 Å². The molecule has 2 aromatic carbocycles. The number of aromatic nitrogens is 2. The fraction of sp³-hybridized carbons (Fsp3) is 0.125. The van der Waals surface area contributed by atoms with Crippen LogP contribution in [0.5, 0.6) is 0 Å². The van der Waals surface area contributed by atoms with Gasteiger partial charge in [0.2, 0.25) is 5.89 Å². The number of hydrogen-bond acceptors (Lipinski definition) is 8. The van der Waals surface area contributed by atoms with Gasteiger partial charge in [-0.1, -0.05) is 18.2 Å². The van der Waals surface area contributed by atoms with Crippen molar-refractivity contribution in [3.63, 3.8) is 0 Å². The third-order valence-corrected chi connectivity index (χ3v) is 4.01. The van der Waals surface area contributed by atoms with E-state index in [0.717, 1.165) is 23.9 Å². The Morgan fingerprint density at radius 1 is 1.11 bits per heavy atom. The molecule has 0 saturated heterocycles. The molecule has 27 heavy (non-hydrogen) atoms. The average Bonchev–Trinajstić information content (AvgIpc) is 3.02. The summed E-state index contributed by atoms with van der Waals surface area (Å²) < 4.78 is 6.79. The SMILES string of the molecule is CN(Cn1nc(-c2cc([N+](=O)[O-])cc([N+](=O)[O-])c2)oc1=S)c1ccccc1. The van der Waals surface area contributed by atoms with Crippen LogP contribution in [0, 0.1) is 25.1 Å². The van der Waals surface area contributed by atoms with Crippen LogP contribution >= 0.6 is 12.2 Å². The molecule has 0 spiro atoms. The Balaban J connectivity index is 1.96. The number of benzene rings is 2. The van der Waals surface area contributed by atoms with Crippen molar-refractivity contribution in [1.29, 1.82) is 0 Å². The highest BCUT2D eigenvalue weighted by Gasteiger charge is 2.20. The maximum absolute atomic E-state index is 11.0. The van der Waals surface area contributed by atoms with E-state index in [0.29, 0.717) is 0 Å². The molecule has 0 atom stereocenters. The molecule has 0 fully saturated rings. The molecule has 0 unspecified atom stereocenters. The molecule has 0 radical (unpaired) electrons. The van der Waals surface area contributed by atoms with Gasteiger partial charge in [0.05, 0.1) is 21.5 Å². The molecule has 3 rings (SSSR count). The van der Waals surface area contributed by atoms with Gasteiger partial charge in [-0.3, -0.25) is 20.2 Å². The predicted molar refractivity (Wildman–Crippen MR) is 98.9 cm³/mol. The highest BCUT2D eigenvalue weighted by molar-refractivity contribution is 7.71. The standard InChI is InChI=1S/C16H13N5O5S/c1-18(12-5-3-2-4-6-12)10-19-16(27)26-15(17-19)11-7-13(20(22)23)9-14(8-11)21(24)25/h2-9H,10H2,1H3. The molecule has 10 nitrogen and oxygen atoms in total. The first kappa shape index (κ1) is 18.2. The molecule has 3 aromatic rings. The molecule has 0 aliphatic rings. The summed E-state index contributed by atoms with van der Waals surface area (Å²) in [4.78, 5) is 22.5. The smallest absolute Gasteiger partial charge is 0.289 e. The molecule has 0 saturated carbocycles. The van der Waals surface area contributed by atoms with Crippen molar-refractivity contribution < 1.29 is 14.3 Å². The van der Waals surface area contributed by atoms with Gasteiger partial charge in [0, 0.05) is 24.9 Å². The molecule has 0 aliphatic carbocycles. The third-order valence-electron chi connectivity index (χ3n) is 3.72. The lowest BCUT2D eigenvalue weighted by atomic mass is 10.2. The van der Waals surface area contributed by atoms with Gasteiger partial charge >= 0.3 is 0 Å². The van der Waals surface area contributed by atoms with Crippen LogP contribution in [-0.2, 0) is 6.67 Å². The van der Waals surface area contributed by atoms with E-state index < -0.39 is 21.2 Å². The highest BCUT2D eigenvalue weighted by atomic mass is 32.1. The Labute approximate surface area is 157 Å². The van der Waals surface area contributed by atoms with Crippen LogP contribution in [0.3, 0.4) is 0 Å². The third kappa shape index (κ3) is 3.98. The van der Waals surface area contributed by atoms with Crippen molar-refractivity contribution >= 4 is 29.3 Å². The highest BCUT2D eigenvalue weighted by Crippen LogP contribution is 2.29. The lowest BCUT2D eigenvalue weighted by Crippen LogP contribution is -2.22. The number of non-ortho nitro benzene ring substituents is 2. The van der Waals surface area contributed by atoms with Crippen LogP contribution in [-0.4, -0.2) is 26.7 Å². The molecule has 0 bridgehead atoms. The minimum absolute atomic E-state index is 0.0340. The number of anilines is 1. The number of rotatable bonds is 6. The Morgan fingerprint density at radius 2 is 1.70 bits per heavy atom. The normalized spacial score (nSPS) is 10.6. The molecule has 138 valence electrons. The van der Waals surface area contributed by atoms with Crippen LogP contribution in [0.25, 0.3) is 11.5 Å². The van der Waals surface area contributed by atoms with Crippen LogP contribution < -0.4 is 4.90 Å². The lowest BCUT2D eigenvalue weighted by Gasteiger charge is -2.18. The summed E-state index contributed by atoms with van der Waals surface area (Å²) >= 11 is 5.15. The summed E-state index contributed by atoms with van der Waals surface area (Å²) in [6.07, 6.45) is 0. The van der Waals surface area contributed by atoms with E-state index in [1.54, 1.807) is 0 Å². The lowest BCUT2D eigenvalue weighted by molar-refractivity contribution is -0.394. The molecule has 1 aromatic heterocycles. The van der Waals surface area contributed by atoms with Crippen LogP contribution in [0.15, 0.2) is 52.9 Å². The fourth-order valence-electron chi connectivity index (χ4n) is 2.41. The van der Waals surface area contributed by atoms with E-state index in [9.17, 15) is 20.2 Å². The van der Waals surface area contributed by atoms with E-state index in [1.165, 1.54) is 4.68 Å². The van der Waals surface area contributed by atoms with Crippen molar-refractivity contribution in [3.05, 3.63) is 73.6 Å². The predicted octanol–water partition coefficient (Wildman–Crippen LogP) is 3.78. The average molecular weight is 387 g/mol. The van der Waals surface area contributed by atoms with Gasteiger partial charge in [-0.15, -0.1) is 5.10 Å². The number of nitrogens with zero attached hydrogens (tertiary/aromatic N) is 5. The van der Waals surface area contributed by atoms with E-state index in [-0.39, 0.29) is 23.0 Å².